The van der Waals surface area contributed by atoms with E-state index in [4.69, 9.17) is 0 Å². The lowest BCUT2D eigenvalue weighted by Gasteiger charge is -2.11. The zero-order valence-corrected chi connectivity index (χ0v) is 15.8. The molecule has 4 rings (SSSR count). The van der Waals surface area contributed by atoms with Gasteiger partial charge in [-0.25, -0.2) is 4.68 Å². The van der Waals surface area contributed by atoms with Crippen molar-refractivity contribution < 1.29 is 4.79 Å². The van der Waals surface area contributed by atoms with E-state index in [-0.39, 0.29) is 5.91 Å². The van der Waals surface area contributed by atoms with E-state index in [1.807, 2.05) is 61.9 Å². The minimum absolute atomic E-state index is 0.188. The highest BCUT2D eigenvalue weighted by molar-refractivity contribution is 6.04. The maximum absolute atomic E-state index is 12.6. The lowest BCUT2D eigenvalue weighted by Crippen LogP contribution is -2.13. The summed E-state index contributed by atoms with van der Waals surface area (Å²) in [4.78, 5) is 12.6. The van der Waals surface area contributed by atoms with E-state index >= 15 is 0 Å². The number of carbonyl (C=O) groups is 1. The van der Waals surface area contributed by atoms with Crippen LogP contribution < -0.4 is 5.32 Å². The van der Waals surface area contributed by atoms with Gasteiger partial charge in [-0.05, 0) is 79.2 Å². The molecule has 0 atom stereocenters. The number of tetrazole rings is 1. The van der Waals surface area contributed by atoms with Crippen molar-refractivity contribution in [3.63, 3.8) is 0 Å². The Morgan fingerprint density at radius 2 is 1.75 bits per heavy atom. The van der Waals surface area contributed by atoms with Gasteiger partial charge in [0.05, 0.1) is 11.4 Å². The van der Waals surface area contributed by atoms with Crippen LogP contribution in [0.25, 0.3) is 11.4 Å². The molecule has 28 heavy (non-hydrogen) atoms. The minimum atomic E-state index is -0.188. The second-order valence-electron chi connectivity index (χ2n) is 6.52. The van der Waals surface area contributed by atoms with Crippen molar-refractivity contribution in [2.75, 3.05) is 5.32 Å². The first-order chi connectivity index (χ1) is 13.5. The van der Waals surface area contributed by atoms with E-state index in [1.54, 1.807) is 23.0 Å². The lowest BCUT2D eigenvalue weighted by atomic mass is 10.1. The number of benzene rings is 2. The molecule has 0 saturated heterocycles. The topological polar surface area (TPSA) is 90.5 Å². The van der Waals surface area contributed by atoms with Crippen LogP contribution in [0.3, 0.4) is 0 Å². The van der Waals surface area contributed by atoms with E-state index in [0.29, 0.717) is 17.1 Å². The van der Waals surface area contributed by atoms with E-state index in [0.717, 1.165) is 22.6 Å². The van der Waals surface area contributed by atoms with Crippen LogP contribution in [0.1, 0.15) is 27.4 Å². The second-order valence-corrected chi connectivity index (χ2v) is 6.52. The summed E-state index contributed by atoms with van der Waals surface area (Å²) in [5, 5.41) is 18.8. The van der Waals surface area contributed by atoms with Crippen molar-refractivity contribution >= 4 is 11.6 Å². The lowest BCUT2D eigenvalue weighted by molar-refractivity contribution is 0.102. The number of nitrogens with zero attached hydrogens (tertiary/aromatic N) is 6. The summed E-state index contributed by atoms with van der Waals surface area (Å²) < 4.78 is 3.47. The summed E-state index contributed by atoms with van der Waals surface area (Å²) in [6, 6.07) is 14.9. The number of aryl methyl sites for hydroxylation is 3. The van der Waals surface area contributed by atoms with Gasteiger partial charge in [-0.2, -0.15) is 9.78 Å². The van der Waals surface area contributed by atoms with Crippen molar-refractivity contribution in [1.82, 2.24) is 30.0 Å². The summed E-state index contributed by atoms with van der Waals surface area (Å²) in [6.07, 6.45) is 1.75. The molecule has 0 radical (unpaired) electrons. The Hall–Kier alpha value is -3.81. The van der Waals surface area contributed by atoms with Crippen LogP contribution in [0.15, 0.2) is 54.7 Å². The molecule has 2 aromatic heterocycles. The van der Waals surface area contributed by atoms with Crippen LogP contribution >= 0.6 is 0 Å². The van der Waals surface area contributed by atoms with Gasteiger partial charge in [-0.15, -0.1) is 5.10 Å². The van der Waals surface area contributed by atoms with E-state index in [1.165, 1.54) is 0 Å². The zero-order valence-electron chi connectivity index (χ0n) is 15.8. The Morgan fingerprint density at radius 3 is 2.39 bits per heavy atom. The van der Waals surface area contributed by atoms with Crippen molar-refractivity contribution in [1.29, 1.82) is 0 Å². The number of aromatic nitrogens is 6. The summed E-state index contributed by atoms with van der Waals surface area (Å²) in [6.45, 7) is 5.78. The number of rotatable bonds is 4. The third-order valence-corrected chi connectivity index (χ3v) is 4.53. The fourth-order valence-electron chi connectivity index (χ4n) is 2.97. The molecular formula is C20H19N7O. The average Bonchev–Trinajstić information content (AvgIpc) is 3.31. The standard InChI is InChI=1S/C20H19N7O/c1-13-4-7-17(12-19(13)27-15(3)23-24-25-27)22-20(28)16-5-8-18(9-6-16)26-14(2)10-11-21-26/h4-12H,1-3H3,(H,22,28). The largest absolute Gasteiger partial charge is 0.322 e. The molecule has 0 fully saturated rings. The summed E-state index contributed by atoms with van der Waals surface area (Å²) >= 11 is 0. The van der Waals surface area contributed by atoms with Crippen LogP contribution in [-0.2, 0) is 0 Å². The van der Waals surface area contributed by atoms with Crippen molar-refractivity contribution in [3.8, 4) is 11.4 Å². The highest BCUT2D eigenvalue weighted by atomic mass is 16.1. The highest BCUT2D eigenvalue weighted by Gasteiger charge is 2.11. The van der Waals surface area contributed by atoms with E-state index in [9.17, 15) is 4.79 Å². The maximum atomic E-state index is 12.6. The van der Waals surface area contributed by atoms with Crippen LogP contribution in [0.5, 0.6) is 0 Å². The van der Waals surface area contributed by atoms with Gasteiger partial charge in [0.15, 0.2) is 5.82 Å². The molecule has 0 saturated carbocycles. The molecule has 8 heteroatoms. The first kappa shape index (κ1) is 17.6. The Labute approximate surface area is 161 Å². The maximum Gasteiger partial charge on any atom is 0.255 e. The van der Waals surface area contributed by atoms with Gasteiger partial charge >= 0.3 is 0 Å². The van der Waals surface area contributed by atoms with Crippen LogP contribution in [0, 0.1) is 20.8 Å². The van der Waals surface area contributed by atoms with Crippen LogP contribution in [-0.4, -0.2) is 35.9 Å². The molecule has 0 unspecified atom stereocenters. The molecule has 1 N–H and O–H groups in total. The fourth-order valence-corrected chi connectivity index (χ4v) is 2.97. The van der Waals surface area contributed by atoms with Crippen molar-refractivity contribution in [2.24, 2.45) is 0 Å². The Morgan fingerprint density at radius 1 is 0.964 bits per heavy atom. The van der Waals surface area contributed by atoms with E-state index in [2.05, 4.69) is 25.9 Å². The molecule has 0 bridgehead atoms. The number of carbonyl (C=O) groups excluding carboxylic acids is 1. The van der Waals surface area contributed by atoms with Gasteiger partial charge in [-0.1, -0.05) is 6.07 Å². The number of amides is 1. The molecule has 0 aliphatic heterocycles. The van der Waals surface area contributed by atoms with Crippen LogP contribution in [0.2, 0.25) is 0 Å². The fraction of sp³-hybridized carbons (Fsp3) is 0.150. The number of nitrogens with one attached hydrogen (secondary N) is 1. The third-order valence-electron chi connectivity index (χ3n) is 4.53. The SMILES string of the molecule is Cc1ccc(NC(=O)c2ccc(-n3nccc3C)cc2)cc1-n1nnnc1C. The first-order valence-electron chi connectivity index (χ1n) is 8.81. The molecular weight excluding hydrogens is 354 g/mol. The monoisotopic (exact) mass is 373 g/mol. The molecule has 8 nitrogen and oxygen atoms in total. The zero-order chi connectivity index (χ0) is 19.7. The predicted octanol–water partition coefficient (Wildman–Crippen LogP) is 3.03. The third kappa shape index (κ3) is 3.27. The van der Waals surface area contributed by atoms with Gasteiger partial charge in [-0.3, -0.25) is 4.79 Å². The number of hydrogen-bond donors (Lipinski definition) is 1. The number of anilines is 1. The molecule has 1 amide bonds. The predicted molar refractivity (Wildman–Crippen MR) is 105 cm³/mol. The molecule has 0 aliphatic rings. The summed E-state index contributed by atoms with van der Waals surface area (Å²) in [5.41, 5.74) is 5.01. The van der Waals surface area contributed by atoms with Gasteiger partial charge < -0.3 is 5.32 Å². The molecule has 2 aromatic carbocycles. The minimum Gasteiger partial charge on any atom is -0.322 e. The normalized spacial score (nSPS) is 10.8. The van der Waals surface area contributed by atoms with Crippen molar-refractivity contribution in [2.45, 2.75) is 20.8 Å². The van der Waals surface area contributed by atoms with Gasteiger partial charge in [0.25, 0.3) is 5.91 Å². The Bertz CT molecular complexity index is 1140. The smallest absolute Gasteiger partial charge is 0.255 e. The first-order valence-corrected chi connectivity index (χ1v) is 8.81. The molecule has 2 heterocycles. The summed E-state index contributed by atoms with van der Waals surface area (Å²) in [5.74, 6) is 0.489. The Balaban J connectivity index is 1.56. The van der Waals surface area contributed by atoms with Gasteiger partial charge in [0.2, 0.25) is 0 Å². The van der Waals surface area contributed by atoms with Crippen molar-refractivity contribution in [3.05, 3.63) is 77.4 Å². The second kappa shape index (κ2) is 7.07. The molecule has 140 valence electrons. The molecule has 0 spiro atoms. The molecule has 0 aliphatic carbocycles. The van der Waals surface area contributed by atoms with Gasteiger partial charge in [0, 0.05) is 23.1 Å². The Kier molecular flexibility index (Phi) is 4.44. The quantitative estimate of drug-likeness (QED) is 0.594. The van der Waals surface area contributed by atoms with Crippen LogP contribution in [0.4, 0.5) is 5.69 Å². The van der Waals surface area contributed by atoms with Gasteiger partial charge in [0.1, 0.15) is 0 Å². The average molecular weight is 373 g/mol. The number of hydrogen-bond acceptors (Lipinski definition) is 5. The summed E-state index contributed by atoms with van der Waals surface area (Å²) in [7, 11) is 0. The van der Waals surface area contributed by atoms with E-state index < -0.39 is 0 Å². The molecule has 4 aromatic rings. The highest BCUT2D eigenvalue weighted by Crippen LogP contribution is 2.20.